The molecule has 0 aliphatic carbocycles. The fraction of sp³-hybridized carbons (Fsp3) is 0.533. The number of hydrogen-bond donors (Lipinski definition) is 1. The summed E-state index contributed by atoms with van der Waals surface area (Å²) in [5.74, 6) is 2.14. The summed E-state index contributed by atoms with van der Waals surface area (Å²) in [6.45, 7) is 10.9. The predicted molar refractivity (Wildman–Crippen MR) is 157 cm³/mol. The van der Waals surface area contributed by atoms with Gasteiger partial charge in [-0.3, -0.25) is 5.41 Å². The van der Waals surface area contributed by atoms with E-state index in [9.17, 15) is 5.26 Å². The van der Waals surface area contributed by atoms with Gasteiger partial charge in [-0.2, -0.15) is 15.2 Å². The first kappa shape index (κ1) is 27.7. The van der Waals surface area contributed by atoms with Crippen LogP contribution < -0.4 is 19.3 Å². The number of amidine groups is 1. The Morgan fingerprint density at radius 2 is 2.05 bits per heavy atom. The Labute approximate surface area is 237 Å². The quantitative estimate of drug-likeness (QED) is 0.395. The SMILES string of the molecule is C=CC(=N)N1CCN(c2nc(OC[C@@H]3CCCN3C)nc3c2CCN(c2cccc(OC)c2C)C3)C[C@@H]1CC#N. The van der Waals surface area contributed by atoms with Gasteiger partial charge in [0.1, 0.15) is 24.0 Å². The first-order chi connectivity index (χ1) is 19.4. The molecule has 2 atom stereocenters. The van der Waals surface area contributed by atoms with Crippen LogP contribution in [0.15, 0.2) is 30.9 Å². The summed E-state index contributed by atoms with van der Waals surface area (Å²) >= 11 is 0. The van der Waals surface area contributed by atoms with Crippen molar-refractivity contribution in [1.29, 1.82) is 10.7 Å². The summed E-state index contributed by atoms with van der Waals surface area (Å²) in [5.41, 5.74) is 4.38. The molecule has 2 saturated heterocycles. The lowest BCUT2D eigenvalue weighted by molar-refractivity contribution is 0.187. The molecule has 2 aromatic rings. The first-order valence-electron chi connectivity index (χ1n) is 14.1. The molecule has 1 aromatic heterocycles. The van der Waals surface area contributed by atoms with Crippen LogP contribution in [-0.4, -0.2) is 91.2 Å². The molecule has 1 aromatic carbocycles. The summed E-state index contributed by atoms with van der Waals surface area (Å²) in [7, 11) is 3.85. The van der Waals surface area contributed by atoms with Gasteiger partial charge in [0.25, 0.3) is 0 Å². The number of benzene rings is 1. The molecule has 0 unspecified atom stereocenters. The average Bonchev–Trinajstić information content (AvgIpc) is 3.39. The van der Waals surface area contributed by atoms with Crippen molar-refractivity contribution in [2.75, 3.05) is 63.3 Å². The number of aromatic nitrogens is 2. The molecule has 10 nitrogen and oxygen atoms in total. The Morgan fingerprint density at radius 3 is 2.77 bits per heavy atom. The molecular formula is C30H40N8O2. The predicted octanol–water partition coefficient (Wildman–Crippen LogP) is 3.40. The minimum atomic E-state index is -0.106. The van der Waals surface area contributed by atoms with Crippen molar-refractivity contribution in [3.05, 3.63) is 47.7 Å². The molecule has 0 bridgehead atoms. The van der Waals surface area contributed by atoms with E-state index in [1.807, 2.05) is 17.0 Å². The maximum Gasteiger partial charge on any atom is 0.318 e. The number of anilines is 2. The van der Waals surface area contributed by atoms with Crippen LogP contribution in [0, 0.1) is 23.7 Å². The van der Waals surface area contributed by atoms with Gasteiger partial charge in [0, 0.05) is 49.0 Å². The second kappa shape index (κ2) is 12.1. The summed E-state index contributed by atoms with van der Waals surface area (Å²) in [4.78, 5) is 18.9. The van der Waals surface area contributed by atoms with Crippen molar-refractivity contribution < 1.29 is 9.47 Å². The van der Waals surface area contributed by atoms with Gasteiger partial charge in [0.15, 0.2) is 0 Å². The Kier molecular flexibility index (Phi) is 8.40. The lowest BCUT2D eigenvalue weighted by Gasteiger charge is -2.43. The van der Waals surface area contributed by atoms with Crippen LogP contribution in [0.4, 0.5) is 11.5 Å². The highest BCUT2D eigenvalue weighted by molar-refractivity contribution is 5.90. The van der Waals surface area contributed by atoms with Gasteiger partial charge in [0.2, 0.25) is 0 Å². The molecule has 212 valence electrons. The van der Waals surface area contributed by atoms with Crippen LogP contribution in [0.3, 0.4) is 0 Å². The van der Waals surface area contributed by atoms with Crippen molar-refractivity contribution in [2.45, 2.75) is 51.2 Å². The van der Waals surface area contributed by atoms with E-state index in [4.69, 9.17) is 24.9 Å². The third-order valence-electron chi connectivity index (χ3n) is 8.53. The van der Waals surface area contributed by atoms with E-state index in [2.05, 4.69) is 47.4 Å². The zero-order valence-corrected chi connectivity index (χ0v) is 23.9. The minimum absolute atomic E-state index is 0.106. The number of nitrogens with one attached hydrogen (secondary N) is 1. The topological polar surface area (TPSA) is 105 Å². The standard InChI is InChI=1S/C30H40N8O2/c1-5-28(32)38-17-16-37(18-22(38)11-13-31)29-24-12-15-36(26-9-6-10-27(39-4)21(26)2)19-25(24)33-30(34-29)40-20-23-8-7-14-35(23)3/h5-6,9-10,22-23,32H,1,7-8,11-12,14-20H2,2-4H3/t22-,23-/m0/s1. The number of fused-ring (bicyclic) bond motifs is 1. The van der Waals surface area contributed by atoms with Gasteiger partial charge in [-0.15, -0.1) is 0 Å². The highest BCUT2D eigenvalue weighted by Gasteiger charge is 2.33. The molecule has 3 aliphatic heterocycles. The summed E-state index contributed by atoms with van der Waals surface area (Å²) < 4.78 is 11.9. The Hall–Kier alpha value is -3.84. The zero-order valence-electron chi connectivity index (χ0n) is 23.9. The van der Waals surface area contributed by atoms with Gasteiger partial charge < -0.3 is 29.1 Å². The number of nitrogens with zero attached hydrogens (tertiary/aromatic N) is 7. The van der Waals surface area contributed by atoms with Crippen LogP contribution in [0.1, 0.15) is 36.1 Å². The number of rotatable bonds is 8. The van der Waals surface area contributed by atoms with Crippen molar-refractivity contribution in [1.82, 2.24) is 19.8 Å². The normalized spacial score (nSPS) is 21.1. The fourth-order valence-electron chi connectivity index (χ4n) is 6.21. The Morgan fingerprint density at radius 1 is 1.20 bits per heavy atom. The molecular weight excluding hydrogens is 504 g/mol. The molecule has 2 fully saturated rings. The molecule has 10 heteroatoms. The van der Waals surface area contributed by atoms with Crippen LogP contribution in [0.2, 0.25) is 0 Å². The van der Waals surface area contributed by atoms with Crippen molar-refractivity contribution in [3.8, 4) is 17.8 Å². The maximum atomic E-state index is 9.52. The zero-order chi connectivity index (χ0) is 28.2. The van der Waals surface area contributed by atoms with Gasteiger partial charge in [0.05, 0.1) is 37.9 Å². The number of likely N-dealkylation sites (tertiary alicyclic amines) is 1. The lowest BCUT2D eigenvalue weighted by Crippen LogP contribution is -2.55. The van der Waals surface area contributed by atoms with E-state index in [0.29, 0.717) is 57.1 Å². The second-order valence-corrected chi connectivity index (χ2v) is 10.9. The number of likely N-dealkylation sites (N-methyl/N-ethyl adjacent to an activating group) is 1. The smallest absolute Gasteiger partial charge is 0.318 e. The van der Waals surface area contributed by atoms with Gasteiger partial charge in [-0.1, -0.05) is 12.6 Å². The van der Waals surface area contributed by atoms with E-state index in [1.54, 1.807) is 13.2 Å². The second-order valence-electron chi connectivity index (χ2n) is 10.9. The summed E-state index contributed by atoms with van der Waals surface area (Å²) in [5, 5.41) is 17.8. The Balaban J connectivity index is 1.46. The molecule has 4 heterocycles. The van der Waals surface area contributed by atoms with E-state index in [-0.39, 0.29) is 6.04 Å². The number of ether oxygens (including phenoxy) is 2. The minimum Gasteiger partial charge on any atom is -0.496 e. The fourth-order valence-corrected chi connectivity index (χ4v) is 6.21. The van der Waals surface area contributed by atoms with Gasteiger partial charge >= 0.3 is 6.01 Å². The monoisotopic (exact) mass is 544 g/mol. The summed E-state index contributed by atoms with van der Waals surface area (Å²) in [6, 6.07) is 9.15. The molecule has 0 spiro atoms. The lowest BCUT2D eigenvalue weighted by atomic mass is 10.0. The highest BCUT2D eigenvalue weighted by atomic mass is 16.5. The van der Waals surface area contributed by atoms with Crippen LogP contribution >= 0.6 is 0 Å². The maximum absolute atomic E-state index is 9.52. The third-order valence-corrected chi connectivity index (χ3v) is 8.53. The van der Waals surface area contributed by atoms with E-state index < -0.39 is 0 Å². The van der Waals surface area contributed by atoms with E-state index in [1.165, 1.54) is 6.42 Å². The number of methoxy groups -OCH3 is 1. The van der Waals surface area contributed by atoms with Crippen LogP contribution in [0.25, 0.3) is 0 Å². The van der Waals surface area contributed by atoms with Crippen LogP contribution in [0.5, 0.6) is 11.8 Å². The largest absolute Gasteiger partial charge is 0.496 e. The molecule has 5 rings (SSSR count). The first-order valence-corrected chi connectivity index (χ1v) is 14.1. The molecule has 40 heavy (non-hydrogen) atoms. The van der Waals surface area contributed by atoms with Crippen molar-refractivity contribution in [2.24, 2.45) is 0 Å². The van der Waals surface area contributed by atoms with Crippen LogP contribution in [-0.2, 0) is 13.0 Å². The number of hydrogen-bond acceptors (Lipinski definition) is 9. The highest BCUT2D eigenvalue weighted by Crippen LogP contribution is 2.35. The van der Waals surface area contributed by atoms with E-state index in [0.717, 1.165) is 60.0 Å². The third kappa shape index (κ3) is 5.56. The number of nitriles is 1. The molecule has 0 saturated carbocycles. The molecule has 0 radical (unpaired) electrons. The summed E-state index contributed by atoms with van der Waals surface area (Å²) in [6.07, 6.45) is 4.98. The molecule has 1 N–H and O–H groups in total. The Bertz CT molecular complexity index is 1290. The molecule has 3 aliphatic rings. The van der Waals surface area contributed by atoms with Gasteiger partial charge in [-0.25, -0.2) is 0 Å². The molecule has 0 amide bonds. The van der Waals surface area contributed by atoms with Gasteiger partial charge in [-0.05, 0) is 58.0 Å². The number of piperazine rings is 1. The van der Waals surface area contributed by atoms with Crippen molar-refractivity contribution >= 4 is 17.3 Å². The van der Waals surface area contributed by atoms with Crippen molar-refractivity contribution in [3.63, 3.8) is 0 Å². The average molecular weight is 545 g/mol. The van der Waals surface area contributed by atoms with E-state index >= 15 is 0 Å².